The predicted molar refractivity (Wildman–Crippen MR) is 115 cm³/mol. The second kappa shape index (κ2) is 9.45. The molecule has 0 saturated heterocycles. The van der Waals surface area contributed by atoms with Crippen molar-refractivity contribution in [2.75, 3.05) is 7.11 Å². The molecule has 0 radical (unpaired) electrons. The monoisotopic (exact) mass is 428 g/mol. The zero-order valence-electron chi connectivity index (χ0n) is 18.5. The zero-order valence-corrected chi connectivity index (χ0v) is 18.5. The molecular weight excluding hydrogens is 399 g/mol. The Morgan fingerprint density at radius 3 is 2.45 bits per heavy atom. The molecule has 1 N–H and O–H groups in total. The SMILES string of the molecule is COC(=O)c1[nH]c(C)c(C(=O)[C@H](C)N(C(=O)c2cccc(F)c2)C2CCCCC2)c1C. The standard InChI is InChI=1S/C24H29FN2O4/c1-14-20(15(2)26-21(14)24(30)31-4)22(28)16(3)27(19-11-6-5-7-12-19)23(29)17-9-8-10-18(25)13-17/h8-10,13,16,19,26H,5-7,11-12H2,1-4H3/t16-/m0/s1. The maximum absolute atomic E-state index is 13.8. The van der Waals surface area contributed by atoms with E-state index in [0.29, 0.717) is 16.8 Å². The minimum Gasteiger partial charge on any atom is -0.464 e. The minimum absolute atomic E-state index is 0.0944. The van der Waals surface area contributed by atoms with Crippen LogP contribution in [-0.2, 0) is 4.74 Å². The fourth-order valence-corrected chi connectivity index (χ4v) is 4.55. The van der Waals surface area contributed by atoms with Gasteiger partial charge in [-0.2, -0.15) is 0 Å². The van der Waals surface area contributed by atoms with Crippen molar-refractivity contribution >= 4 is 17.7 Å². The maximum Gasteiger partial charge on any atom is 0.354 e. The van der Waals surface area contributed by atoms with Crippen molar-refractivity contribution in [3.63, 3.8) is 0 Å². The summed E-state index contributed by atoms with van der Waals surface area (Å²) in [6.45, 7) is 5.12. The molecule has 1 aliphatic rings. The number of H-pyrrole nitrogens is 1. The van der Waals surface area contributed by atoms with Crippen LogP contribution < -0.4 is 0 Å². The van der Waals surface area contributed by atoms with Crippen LogP contribution in [0.5, 0.6) is 0 Å². The number of aromatic amines is 1. The number of aryl methyl sites for hydroxylation is 1. The molecule has 166 valence electrons. The van der Waals surface area contributed by atoms with Gasteiger partial charge in [0, 0.05) is 22.9 Å². The van der Waals surface area contributed by atoms with Crippen molar-refractivity contribution in [1.29, 1.82) is 0 Å². The number of benzene rings is 1. The number of carbonyl (C=O) groups excluding carboxylic acids is 3. The number of amides is 1. The van der Waals surface area contributed by atoms with Crippen LogP contribution in [0.2, 0.25) is 0 Å². The van der Waals surface area contributed by atoms with Gasteiger partial charge < -0.3 is 14.6 Å². The van der Waals surface area contributed by atoms with Gasteiger partial charge in [0.1, 0.15) is 11.5 Å². The highest BCUT2D eigenvalue weighted by Crippen LogP contribution is 2.29. The topological polar surface area (TPSA) is 79.5 Å². The van der Waals surface area contributed by atoms with E-state index in [4.69, 9.17) is 4.74 Å². The largest absolute Gasteiger partial charge is 0.464 e. The number of esters is 1. The number of aromatic nitrogens is 1. The normalized spacial score (nSPS) is 15.4. The van der Waals surface area contributed by atoms with Gasteiger partial charge in [-0.15, -0.1) is 0 Å². The Labute approximate surface area is 181 Å². The third-order valence-electron chi connectivity index (χ3n) is 6.14. The fraction of sp³-hybridized carbons (Fsp3) is 0.458. The van der Waals surface area contributed by atoms with Gasteiger partial charge in [-0.3, -0.25) is 9.59 Å². The van der Waals surface area contributed by atoms with E-state index in [1.54, 1.807) is 31.7 Å². The maximum atomic E-state index is 13.8. The van der Waals surface area contributed by atoms with Crippen molar-refractivity contribution < 1.29 is 23.5 Å². The lowest BCUT2D eigenvalue weighted by Gasteiger charge is -2.38. The molecule has 1 saturated carbocycles. The molecule has 1 heterocycles. The van der Waals surface area contributed by atoms with Gasteiger partial charge in [-0.05, 0) is 57.4 Å². The molecule has 6 nitrogen and oxygen atoms in total. The van der Waals surface area contributed by atoms with Gasteiger partial charge in [0.2, 0.25) is 0 Å². The number of carbonyl (C=O) groups is 3. The Hall–Kier alpha value is -2.96. The van der Waals surface area contributed by atoms with Crippen molar-refractivity contribution in [2.45, 2.75) is 65.0 Å². The smallest absolute Gasteiger partial charge is 0.354 e. The first-order valence-corrected chi connectivity index (χ1v) is 10.7. The number of rotatable bonds is 6. The number of halogens is 1. The average molecular weight is 429 g/mol. The summed E-state index contributed by atoms with van der Waals surface area (Å²) in [7, 11) is 1.28. The number of ether oxygens (including phenoxy) is 1. The molecule has 0 bridgehead atoms. The molecule has 31 heavy (non-hydrogen) atoms. The molecule has 1 fully saturated rings. The highest BCUT2D eigenvalue weighted by Gasteiger charge is 2.36. The summed E-state index contributed by atoms with van der Waals surface area (Å²) in [5, 5.41) is 0. The number of hydrogen-bond acceptors (Lipinski definition) is 4. The average Bonchev–Trinajstić information content (AvgIpc) is 3.07. The number of Topliss-reactive ketones (excluding diaryl/α,β-unsaturated/α-hetero) is 1. The van der Waals surface area contributed by atoms with Gasteiger partial charge in [-0.1, -0.05) is 25.3 Å². The molecule has 0 spiro atoms. The van der Waals surface area contributed by atoms with Crippen LogP contribution in [0.3, 0.4) is 0 Å². The van der Waals surface area contributed by atoms with Gasteiger partial charge >= 0.3 is 5.97 Å². The van der Waals surface area contributed by atoms with E-state index in [1.807, 2.05) is 0 Å². The van der Waals surface area contributed by atoms with E-state index in [2.05, 4.69) is 4.98 Å². The lowest BCUT2D eigenvalue weighted by atomic mass is 9.90. The van der Waals surface area contributed by atoms with E-state index in [1.165, 1.54) is 25.3 Å². The van der Waals surface area contributed by atoms with Crippen molar-refractivity contribution in [3.05, 3.63) is 58.2 Å². The third-order valence-corrected chi connectivity index (χ3v) is 6.14. The lowest BCUT2D eigenvalue weighted by Crippen LogP contribution is -2.50. The number of hydrogen-bond donors (Lipinski definition) is 1. The summed E-state index contributed by atoms with van der Waals surface area (Å²) in [5.41, 5.74) is 1.90. The summed E-state index contributed by atoms with van der Waals surface area (Å²) < 4.78 is 18.6. The van der Waals surface area contributed by atoms with Crippen LogP contribution in [0.25, 0.3) is 0 Å². The number of nitrogens with zero attached hydrogens (tertiary/aromatic N) is 1. The molecule has 3 rings (SSSR count). The van der Waals surface area contributed by atoms with E-state index in [0.717, 1.165) is 32.1 Å². The molecule has 2 aromatic rings. The van der Waals surface area contributed by atoms with E-state index >= 15 is 0 Å². The van der Waals surface area contributed by atoms with E-state index in [-0.39, 0.29) is 29.0 Å². The number of ketones is 1. The quantitative estimate of drug-likeness (QED) is 0.539. The lowest BCUT2D eigenvalue weighted by molar-refractivity contribution is 0.0486. The minimum atomic E-state index is -0.766. The van der Waals surface area contributed by atoms with Crippen LogP contribution in [0, 0.1) is 19.7 Å². The zero-order chi connectivity index (χ0) is 22.7. The molecule has 1 aliphatic carbocycles. The highest BCUT2D eigenvalue weighted by atomic mass is 19.1. The first kappa shape index (κ1) is 22.7. The molecule has 1 atom stereocenters. The van der Waals surface area contributed by atoms with Crippen LogP contribution in [0.1, 0.15) is 81.5 Å². The number of methoxy groups -OCH3 is 1. The Balaban J connectivity index is 1.99. The molecular formula is C24H29FN2O4. The molecule has 0 unspecified atom stereocenters. The van der Waals surface area contributed by atoms with E-state index < -0.39 is 17.8 Å². The van der Waals surface area contributed by atoms with E-state index in [9.17, 15) is 18.8 Å². The third kappa shape index (κ3) is 4.55. The summed E-state index contributed by atoms with van der Waals surface area (Å²) in [4.78, 5) is 43.6. The summed E-state index contributed by atoms with van der Waals surface area (Å²) in [5.74, 6) is -1.65. The van der Waals surface area contributed by atoms with Crippen LogP contribution in [0.15, 0.2) is 24.3 Å². The second-order valence-corrected chi connectivity index (χ2v) is 8.17. The van der Waals surface area contributed by atoms with Gasteiger partial charge in [0.05, 0.1) is 13.2 Å². The van der Waals surface area contributed by atoms with Crippen molar-refractivity contribution in [1.82, 2.24) is 9.88 Å². The first-order valence-electron chi connectivity index (χ1n) is 10.7. The number of nitrogens with one attached hydrogen (secondary N) is 1. The van der Waals surface area contributed by atoms with Crippen LogP contribution >= 0.6 is 0 Å². The fourth-order valence-electron chi connectivity index (χ4n) is 4.55. The molecule has 1 aromatic carbocycles. The molecule has 1 amide bonds. The first-order chi connectivity index (χ1) is 14.8. The Morgan fingerprint density at radius 2 is 1.84 bits per heavy atom. The molecule has 7 heteroatoms. The van der Waals surface area contributed by atoms with Crippen molar-refractivity contribution in [3.8, 4) is 0 Å². The molecule has 1 aromatic heterocycles. The summed E-state index contributed by atoms with van der Waals surface area (Å²) in [6, 6.07) is 4.70. The summed E-state index contributed by atoms with van der Waals surface area (Å²) in [6.07, 6.45) is 4.66. The van der Waals surface area contributed by atoms with Gasteiger partial charge in [0.15, 0.2) is 5.78 Å². The molecule has 0 aliphatic heterocycles. The summed E-state index contributed by atoms with van der Waals surface area (Å²) >= 11 is 0. The Kier molecular flexibility index (Phi) is 6.93. The predicted octanol–water partition coefficient (Wildman–Crippen LogP) is 4.60. The second-order valence-electron chi connectivity index (χ2n) is 8.17. The van der Waals surface area contributed by atoms with Gasteiger partial charge in [0.25, 0.3) is 5.91 Å². The van der Waals surface area contributed by atoms with Crippen molar-refractivity contribution in [2.24, 2.45) is 0 Å². The van der Waals surface area contributed by atoms with Gasteiger partial charge in [-0.25, -0.2) is 9.18 Å². The Morgan fingerprint density at radius 1 is 1.16 bits per heavy atom. The highest BCUT2D eigenvalue weighted by molar-refractivity contribution is 6.07. The van der Waals surface area contributed by atoms with Crippen LogP contribution in [0.4, 0.5) is 4.39 Å². The van der Waals surface area contributed by atoms with Crippen LogP contribution in [-0.4, -0.2) is 46.7 Å². The Bertz CT molecular complexity index is 991.